The summed E-state index contributed by atoms with van der Waals surface area (Å²) in [4.78, 5) is 2.17. The third-order valence-electron chi connectivity index (χ3n) is 3.90. The van der Waals surface area contributed by atoms with Crippen LogP contribution in [0.15, 0.2) is 18.2 Å². The quantitative estimate of drug-likeness (QED) is 0.732. The van der Waals surface area contributed by atoms with Gasteiger partial charge in [0.1, 0.15) is 0 Å². The topological polar surface area (TPSA) is 3.24 Å². The molecule has 2 rings (SSSR count). The van der Waals surface area contributed by atoms with Crippen LogP contribution in [0.1, 0.15) is 44.1 Å². The molecule has 0 bridgehead atoms. The largest absolute Gasteiger partial charge is 0.299 e. The third kappa shape index (κ3) is 3.29. The lowest BCUT2D eigenvalue weighted by atomic mass is 10.1. The molecule has 0 heterocycles. The second-order valence-electron chi connectivity index (χ2n) is 5.27. The van der Waals surface area contributed by atoms with Crippen LogP contribution in [0.5, 0.6) is 0 Å². The molecular weight excluding hydrogens is 232 g/mol. The monoisotopic (exact) mass is 253 g/mol. The fourth-order valence-electron chi connectivity index (χ4n) is 2.77. The normalized spacial score (nSPS) is 18.0. The zero-order chi connectivity index (χ0) is 13.0. The Hall–Kier alpha value is -0.960. The Balaban J connectivity index is 2.01. The number of hydrogen-bond acceptors (Lipinski definition) is 1. The average Bonchev–Trinajstić information content (AvgIpc) is 2.63. The maximum Gasteiger partial charge on any atom is 0.163 e. The Bertz CT molecular complexity index is 384. The highest BCUT2D eigenvalue weighted by atomic mass is 19.2. The van der Waals surface area contributed by atoms with Gasteiger partial charge in [-0.1, -0.05) is 37.8 Å². The van der Waals surface area contributed by atoms with E-state index in [0.717, 1.165) is 0 Å². The molecule has 1 aromatic rings. The number of halogens is 2. The predicted octanol–water partition coefficient (Wildman–Crippen LogP) is 4.12. The highest BCUT2D eigenvalue weighted by Crippen LogP contribution is 2.23. The molecule has 0 aromatic heterocycles. The van der Waals surface area contributed by atoms with Gasteiger partial charge in [-0.05, 0) is 26.0 Å². The van der Waals surface area contributed by atoms with Gasteiger partial charge in [-0.3, -0.25) is 4.90 Å². The standard InChI is InChI=1S/C15H21F2N/c1-18(13-8-4-2-3-5-9-13)11-12-7-6-10-14(16)15(12)17/h6-7,10,13H,2-5,8-9,11H2,1H3. The zero-order valence-electron chi connectivity index (χ0n) is 11.0. The fraction of sp³-hybridized carbons (Fsp3) is 0.600. The van der Waals surface area contributed by atoms with Crippen molar-refractivity contribution >= 4 is 0 Å². The molecule has 0 spiro atoms. The van der Waals surface area contributed by atoms with E-state index in [2.05, 4.69) is 4.90 Å². The van der Waals surface area contributed by atoms with E-state index in [0.29, 0.717) is 18.2 Å². The van der Waals surface area contributed by atoms with Crippen molar-refractivity contribution in [2.45, 2.75) is 51.1 Å². The van der Waals surface area contributed by atoms with Crippen molar-refractivity contribution in [3.63, 3.8) is 0 Å². The molecule has 0 saturated heterocycles. The maximum absolute atomic E-state index is 13.6. The van der Waals surface area contributed by atoms with E-state index < -0.39 is 11.6 Å². The molecule has 3 heteroatoms. The van der Waals surface area contributed by atoms with Crippen LogP contribution in [-0.2, 0) is 6.54 Å². The lowest BCUT2D eigenvalue weighted by molar-refractivity contribution is 0.210. The van der Waals surface area contributed by atoms with Crippen molar-refractivity contribution in [1.29, 1.82) is 0 Å². The first-order valence-corrected chi connectivity index (χ1v) is 6.81. The van der Waals surface area contributed by atoms with E-state index in [-0.39, 0.29) is 0 Å². The lowest BCUT2D eigenvalue weighted by Crippen LogP contribution is -2.31. The van der Waals surface area contributed by atoms with Crippen LogP contribution in [0.4, 0.5) is 8.78 Å². The third-order valence-corrected chi connectivity index (χ3v) is 3.90. The van der Waals surface area contributed by atoms with Gasteiger partial charge in [-0.2, -0.15) is 0 Å². The molecule has 1 aliphatic carbocycles. The molecular formula is C15H21F2N. The summed E-state index contributed by atoms with van der Waals surface area (Å²) in [6, 6.07) is 4.93. The van der Waals surface area contributed by atoms with Gasteiger partial charge in [0.15, 0.2) is 11.6 Å². The van der Waals surface area contributed by atoms with Crippen LogP contribution in [0.2, 0.25) is 0 Å². The van der Waals surface area contributed by atoms with Gasteiger partial charge < -0.3 is 0 Å². The number of nitrogens with zero attached hydrogens (tertiary/aromatic N) is 1. The number of benzene rings is 1. The van der Waals surface area contributed by atoms with Crippen LogP contribution in [0.3, 0.4) is 0 Å². The molecule has 0 aliphatic heterocycles. The average molecular weight is 253 g/mol. The minimum atomic E-state index is -0.748. The molecule has 0 unspecified atom stereocenters. The Morgan fingerprint density at radius 3 is 2.44 bits per heavy atom. The van der Waals surface area contributed by atoms with Crippen molar-refractivity contribution < 1.29 is 8.78 Å². The minimum absolute atomic E-state index is 0.460. The van der Waals surface area contributed by atoms with E-state index in [9.17, 15) is 8.78 Å². The van der Waals surface area contributed by atoms with Crippen LogP contribution in [0, 0.1) is 11.6 Å². The lowest BCUT2D eigenvalue weighted by Gasteiger charge is -2.27. The first kappa shape index (κ1) is 13.5. The van der Waals surface area contributed by atoms with Gasteiger partial charge in [0.25, 0.3) is 0 Å². The molecule has 0 radical (unpaired) electrons. The fourth-order valence-corrected chi connectivity index (χ4v) is 2.77. The number of rotatable bonds is 3. The molecule has 0 atom stereocenters. The smallest absolute Gasteiger partial charge is 0.163 e. The highest BCUT2D eigenvalue weighted by Gasteiger charge is 2.18. The van der Waals surface area contributed by atoms with Crippen LogP contribution >= 0.6 is 0 Å². The van der Waals surface area contributed by atoms with E-state index >= 15 is 0 Å². The van der Waals surface area contributed by atoms with Crippen molar-refractivity contribution in [3.05, 3.63) is 35.4 Å². The molecule has 18 heavy (non-hydrogen) atoms. The molecule has 0 amide bonds. The Labute approximate surface area is 108 Å². The molecule has 1 nitrogen and oxygen atoms in total. The Kier molecular flexibility index (Phi) is 4.70. The summed E-state index contributed by atoms with van der Waals surface area (Å²) in [5.74, 6) is -1.44. The van der Waals surface area contributed by atoms with Gasteiger partial charge in [0, 0.05) is 18.2 Å². The Morgan fingerprint density at radius 2 is 1.78 bits per heavy atom. The maximum atomic E-state index is 13.6. The molecule has 100 valence electrons. The summed E-state index contributed by atoms with van der Waals surface area (Å²) < 4.78 is 26.8. The van der Waals surface area contributed by atoms with Gasteiger partial charge in [0.2, 0.25) is 0 Å². The van der Waals surface area contributed by atoms with E-state index in [1.807, 2.05) is 7.05 Å². The summed E-state index contributed by atoms with van der Waals surface area (Å²) in [5, 5.41) is 0. The van der Waals surface area contributed by atoms with Gasteiger partial charge in [-0.25, -0.2) is 8.78 Å². The number of hydrogen-bond donors (Lipinski definition) is 0. The summed E-state index contributed by atoms with van der Waals surface area (Å²) in [6.07, 6.45) is 7.46. The summed E-state index contributed by atoms with van der Waals surface area (Å²) in [5.41, 5.74) is 0.460. The minimum Gasteiger partial charge on any atom is -0.299 e. The van der Waals surface area contributed by atoms with Crippen molar-refractivity contribution in [2.75, 3.05) is 7.05 Å². The summed E-state index contributed by atoms with van der Waals surface area (Å²) in [7, 11) is 2.01. The van der Waals surface area contributed by atoms with Gasteiger partial charge in [0.05, 0.1) is 0 Å². The molecule has 1 aliphatic rings. The second-order valence-corrected chi connectivity index (χ2v) is 5.27. The Morgan fingerprint density at radius 1 is 1.11 bits per heavy atom. The van der Waals surface area contributed by atoms with Crippen LogP contribution < -0.4 is 0 Å². The molecule has 0 N–H and O–H groups in total. The van der Waals surface area contributed by atoms with E-state index in [1.54, 1.807) is 12.1 Å². The first-order valence-electron chi connectivity index (χ1n) is 6.81. The predicted molar refractivity (Wildman–Crippen MR) is 69.3 cm³/mol. The van der Waals surface area contributed by atoms with Crippen LogP contribution in [0.25, 0.3) is 0 Å². The van der Waals surface area contributed by atoms with Crippen molar-refractivity contribution in [3.8, 4) is 0 Å². The van der Waals surface area contributed by atoms with Crippen LogP contribution in [-0.4, -0.2) is 18.0 Å². The van der Waals surface area contributed by atoms with Gasteiger partial charge >= 0.3 is 0 Å². The second kappa shape index (κ2) is 6.28. The first-order chi connectivity index (χ1) is 8.68. The van der Waals surface area contributed by atoms with Crippen molar-refractivity contribution in [2.24, 2.45) is 0 Å². The highest BCUT2D eigenvalue weighted by molar-refractivity contribution is 5.18. The molecule has 1 saturated carbocycles. The summed E-state index contributed by atoms with van der Waals surface area (Å²) in [6.45, 7) is 0.494. The van der Waals surface area contributed by atoms with E-state index in [1.165, 1.54) is 44.6 Å². The summed E-state index contributed by atoms with van der Waals surface area (Å²) >= 11 is 0. The molecule has 1 fully saturated rings. The van der Waals surface area contributed by atoms with Gasteiger partial charge in [-0.15, -0.1) is 0 Å². The molecule has 1 aromatic carbocycles. The SMILES string of the molecule is CN(Cc1cccc(F)c1F)C1CCCCCC1. The van der Waals surface area contributed by atoms with Crippen molar-refractivity contribution in [1.82, 2.24) is 4.90 Å². The zero-order valence-corrected chi connectivity index (χ0v) is 11.0. The van der Waals surface area contributed by atoms with E-state index in [4.69, 9.17) is 0 Å².